The molecule has 1 aliphatic heterocycles. The summed E-state index contributed by atoms with van der Waals surface area (Å²) in [5.41, 5.74) is 0.947. The Balaban J connectivity index is 2.30. The summed E-state index contributed by atoms with van der Waals surface area (Å²) < 4.78 is 5.04. The minimum atomic E-state index is 0.0350. The van der Waals surface area contributed by atoms with Crippen LogP contribution in [-0.2, 0) is 9.53 Å². The maximum Gasteiger partial charge on any atom is 0.225 e. The minimum Gasteiger partial charge on any atom is -0.506 e. The van der Waals surface area contributed by atoms with Crippen LogP contribution in [-0.4, -0.2) is 60.3 Å². The van der Waals surface area contributed by atoms with Crippen LogP contribution < -0.4 is 4.90 Å². The highest BCUT2D eigenvalue weighted by Gasteiger charge is 2.33. The normalized spacial score (nSPS) is 17.5. The van der Waals surface area contributed by atoms with Crippen molar-refractivity contribution in [2.75, 3.05) is 38.3 Å². The van der Waals surface area contributed by atoms with Crippen LogP contribution in [0.4, 0.5) is 5.82 Å². The SMILES string of the molecule is COCCC(=O)N1CCN(c2nc(C(C)C)c(O)cc2C#N)C[C@H]1C(C)C. The Labute approximate surface area is 161 Å². The monoisotopic (exact) mass is 374 g/mol. The number of hydrogen-bond donors (Lipinski definition) is 1. The van der Waals surface area contributed by atoms with Gasteiger partial charge in [-0.15, -0.1) is 0 Å². The quantitative estimate of drug-likeness (QED) is 0.823. The zero-order chi connectivity index (χ0) is 20.1. The van der Waals surface area contributed by atoms with E-state index in [0.29, 0.717) is 49.7 Å². The topological polar surface area (TPSA) is 89.7 Å². The smallest absolute Gasteiger partial charge is 0.225 e. The fourth-order valence-corrected chi connectivity index (χ4v) is 3.47. The van der Waals surface area contributed by atoms with Gasteiger partial charge in [-0.05, 0) is 11.8 Å². The highest BCUT2D eigenvalue weighted by atomic mass is 16.5. The Morgan fingerprint density at radius 2 is 2.11 bits per heavy atom. The second-order valence-electron chi connectivity index (χ2n) is 7.62. The molecule has 1 saturated heterocycles. The van der Waals surface area contributed by atoms with Gasteiger partial charge in [0.15, 0.2) is 0 Å². The van der Waals surface area contributed by atoms with Crippen molar-refractivity contribution >= 4 is 11.7 Å². The average molecular weight is 374 g/mol. The molecule has 0 aliphatic carbocycles. The van der Waals surface area contributed by atoms with Crippen molar-refractivity contribution in [2.45, 2.75) is 46.1 Å². The molecule has 1 aromatic rings. The summed E-state index contributed by atoms with van der Waals surface area (Å²) in [7, 11) is 1.59. The maximum atomic E-state index is 12.6. The van der Waals surface area contributed by atoms with Crippen molar-refractivity contribution < 1.29 is 14.6 Å². The van der Waals surface area contributed by atoms with Crippen molar-refractivity contribution in [3.05, 3.63) is 17.3 Å². The summed E-state index contributed by atoms with van der Waals surface area (Å²) >= 11 is 0. The van der Waals surface area contributed by atoms with Gasteiger partial charge in [0.25, 0.3) is 0 Å². The predicted molar refractivity (Wildman–Crippen MR) is 104 cm³/mol. The number of nitriles is 1. The van der Waals surface area contributed by atoms with Crippen molar-refractivity contribution in [2.24, 2.45) is 5.92 Å². The number of carbonyl (C=O) groups excluding carboxylic acids is 1. The summed E-state index contributed by atoms with van der Waals surface area (Å²) in [6.07, 6.45) is 0.373. The van der Waals surface area contributed by atoms with E-state index in [1.807, 2.05) is 18.7 Å². The van der Waals surface area contributed by atoms with E-state index in [0.717, 1.165) is 0 Å². The van der Waals surface area contributed by atoms with Gasteiger partial charge in [0.05, 0.1) is 30.3 Å². The molecule has 0 saturated carbocycles. The highest BCUT2D eigenvalue weighted by Crippen LogP contribution is 2.31. The highest BCUT2D eigenvalue weighted by molar-refractivity contribution is 5.77. The summed E-state index contributed by atoms with van der Waals surface area (Å²) in [6.45, 7) is 10.3. The number of pyridine rings is 1. The van der Waals surface area contributed by atoms with Gasteiger partial charge < -0.3 is 19.6 Å². The molecule has 1 fully saturated rings. The maximum absolute atomic E-state index is 12.6. The van der Waals surface area contributed by atoms with E-state index in [-0.39, 0.29) is 29.5 Å². The third-order valence-corrected chi connectivity index (χ3v) is 5.01. The average Bonchev–Trinajstić information content (AvgIpc) is 2.64. The number of carbonyl (C=O) groups is 1. The molecule has 1 atom stereocenters. The Bertz CT molecular complexity index is 712. The summed E-state index contributed by atoms with van der Waals surface area (Å²) in [5, 5.41) is 19.7. The predicted octanol–water partition coefficient (Wildman–Crippen LogP) is 2.49. The van der Waals surface area contributed by atoms with Crippen LogP contribution in [0.1, 0.15) is 51.3 Å². The van der Waals surface area contributed by atoms with Gasteiger partial charge in [0.1, 0.15) is 17.6 Å². The fraction of sp³-hybridized carbons (Fsp3) is 0.650. The second kappa shape index (κ2) is 9.05. The van der Waals surface area contributed by atoms with Crippen LogP contribution in [0.3, 0.4) is 0 Å². The van der Waals surface area contributed by atoms with E-state index in [9.17, 15) is 15.2 Å². The van der Waals surface area contributed by atoms with Gasteiger partial charge >= 0.3 is 0 Å². The van der Waals surface area contributed by atoms with E-state index in [1.165, 1.54) is 6.07 Å². The van der Waals surface area contributed by atoms with E-state index in [1.54, 1.807) is 7.11 Å². The number of aromatic hydroxyl groups is 1. The minimum absolute atomic E-state index is 0.0350. The Kier molecular flexibility index (Phi) is 7.03. The number of anilines is 1. The van der Waals surface area contributed by atoms with Gasteiger partial charge in [-0.25, -0.2) is 4.98 Å². The van der Waals surface area contributed by atoms with Crippen molar-refractivity contribution in [3.63, 3.8) is 0 Å². The lowest BCUT2D eigenvalue weighted by Gasteiger charge is -2.44. The molecule has 1 amide bonds. The first-order valence-electron chi connectivity index (χ1n) is 9.47. The van der Waals surface area contributed by atoms with Crippen LogP contribution in [0.5, 0.6) is 5.75 Å². The standard InChI is InChI=1S/C20H30N4O3/c1-13(2)16-12-23(7-8-24(16)18(26)6-9-27-5)20-15(11-21)10-17(25)19(22-20)14(3)4/h10,13-14,16,25H,6-9,12H2,1-5H3/t16-/m0/s1. The van der Waals surface area contributed by atoms with Crippen LogP contribution in [0, 0.1) is 17.2 Å². The first-order valence-corrected chi connectivity index (χ1v) is 9.47. The van der Waals surface area contributed by atoms with Gasteiger partial charge in [0.2, 0.25) is 5.91 Å². The van der Waals surface area contributed by atoms with Gasteiger partial charge in [-0.3, -0.25) is 4.79 Å². The van der Waals surface area contributed by atoms with Crippen LogP contribution in [0.25, 0.3) is 0 Å². The number of amides is 1. The second-order valence-corrected chi connectivity index (χ2v) is 7.62. The van der Waals surface area contributed by atoms with Gasteiger partial charge in [-0.1, -0.05) is 27.7 Å². The third-order valence-electron chi connectivity index (χ3n) is 5.01. The molecule has 7 nitrogen and oxygen atoms in total. The number of hydrogen-bond acceptors (Lipinski definition) is 6. The zero-order valence-electron chi connectivity index (χ0n) is 16.9. The molecule has 1 aliphatic rings. The fourth-order valence-electron chi connectivity index (χ4n) is 3.47. The molecule has 0 radical (unpaired) electrons. The first-order chi connectivity index (χ1) is 12.8. The van der Waals surface area contributed by atoms with E-state index in [4.69, 9.17) is 4.74 Å². The molecular weight excluding hydrogens is 344 g/mol. The molecule has 2 rings (SSSR count). The van der Waals surface area contributed by atoms with E-state index >= 15 is 0 Å². The lowest BCUT2D eigenvalue weighted by molar-refractivity contribution is -0.135. The first kappa shape index (κ1) is 21.0. The summed E-state index contributed by atoms with van der Waals surface area (Å²) in [4.78, 5) is 21.2. The molecule has 1 N–H and O–H groups in total. The Hall–Kier alpha value is -2.33. The lowest BCUT2D eigenvalue weighted by atomic mass is 9.98. The third kappa shape index (κ3) is 4.69. The summed E-state index contributed by atoms with van der Waals surface area (Å²) in [6, 6.07) is 3.68. The number of nitrogens with zero attached hydrogens (tertiary/aromatic N) is 4. The molecule has 7 heteroatoms. The lowest BCUT2D eigenvalue weighted by Crippen LogP contribution is -2.57. The Morgan fingerprint density at radius 1 is 1.41 bits per heavy atom. The molecule has 2 heterocycles. The molecule has 0 spiro atoms. The van der Waals surface area contributed by atoms with Crippen molar-refractivity contribution in [3.8, 4) is 11.8 Å². The molecule has 148 valence electrons. The molecule has 0 unspecified atom stereocenters. The number of ether oxygens (including phenoxy) is 1. The van der Waals surface area contributed by atoms with Crippen LogP contribution in [0.2, 0.25) is 0 Å². The van der Waals surface area contributed by atoms with Crippen molar-refractivity contribution in [1.29, 1.82) is 5.26 Å². The van der Waals surface area contributed by atoms with E-state index in [2.05, 4.69) is 29.8 Å². The molecule has 27 heavy (non-hydrogen) atoms. The number of rotatable bonds is 6. The van der Waals surface area contributed by atoms with Gasteiger partial charge in [0, 0.05) is 32.8 Å². The largest absolute Gasteiger partial charge is 0.506 e. The van der Waals surface area contributed by atoms with Crippen LogP contribution in [0.15, 0.2) is 6.07 Å². The summed E-state index contributed by atoms with van der Waals surface area (Å²) in [5.74, 6) is 1.06. The molecule has 0 bridgehead atoms. The molecular formula is C20H30N4O3. The van der Waals surface area contributed by atoms with Crippen LogP contribution >= 0.6 is 0 Å². The molecule has 0 aromatic carbocycles. The van der Waals surface area contributed by atoms with E-state index < -0.39 is 0 Å². The Morgan fingerprint density at radius 3 is 2.67 bits per heavy atom. The van der Waals surface area contributed by atoms with Crippen molar-refractivity contribution in [1.82, 2.24) is 9.88 Å². The van der Waals surface area contributed by atoms with Gasteiger partial charge in [-0.2, -0.15) is 5.26 Å². The molecule has 1 aromatic heterocycles. The number of piperazine rings is 1. The number of methoxy groups -OCH3 is 1. The number of aromatic nitrogens is 1. The zero-order valence-corrected chi connectivity index (χ0v) is 16.9.